The van der Waals surface area contributed by atoms with Crippen LogP contribution in [-0.2, 0) is 0 Å². The van der Waals surface area contributed by atoms with Crippen LogP contribution in [0.15, 0.2) is 0 Å². The summed E-state index contributed by atoms with van der Waals surface area (Å²) < 4.78 is 0. The van der Waals surface area contributed by atoms with Crippen molar-refractivity contribution >= 4 is 6.03 Å². The van der Waals surface area contributed by atoms with E-state index in [4.69, 9.17) is 5.73 Å². The Kier molecular flexibility index (Phi) is 5.47. The highest BCUT2D eigenvalue weighted by atomic mass is 16.2. The third kappa shape index (κ3) is 4.51. The highest BCUT2D eigenvalue weighted by molar-refractivity contribution is 5.74. The topological polar surface area (TPSA) is 67.1 Å². The maximum absolute atomic E-state index is 11.6. The predicted molar refractivity (Wildman–Crippen MR) is 61.7 cm³/mol. The number of urea groups is 1. The van der Waals surface area contributed by atoms with Gasteiger partial charge in [0.1, 0.15) is 0 Å². The van der Waals surface area contributed by atoms with Crippen LogP contribution in [0.25, 0.3) is 0 Å². The molecule has 0 radical (unpaired) electrons. The number of nitrogens with one attached hydrogen (secondary N) is 2. The standard InChI is InChI=1S/C11H23N3O/c1-2-9(8-12)13-11(15)14-10-6-4-3-5-7-10/h9-10H,2-8,12H2,1H3,(H2,13,14,15). The van der Waals surface area contributed by atoms with Gasteiger partial charge in [0.2, 0.25) is 0 Å². The summed E-state index contributed by atoms with van der Waals surface area (Å²) in [7, 11) is 0. The van der Waals surface area contributed by atoms with E-state index in [-0.39, 0.29) is 12.1 Å². The number of hydrogen-bond donors (Lipinski definition) is 3. The fourth-order valence-corrected chi connectivity index (χ4v) is 1.99. The molecule has 1 fully saturated rings. The first-order chi connectivity index (χ1) is 7.26. The maximum atomic E-state index is 11.6. The van der Waals surface area contributed by atoms with Gasteiger partial charge in [-0.05, 0) is 19.3 Å². The summed E-state index contributed by atoms with van der Waals surface area (Å²) in [4.78, 5) is 11.6. The zero-order chi connectivity index (χ0) is 11.1. The zero-order valence-electron chi connectivity index (χ0n) is 9.59. The molecule has 4 heteroatoms. The molecule has 1 rings (SSSR count). The Labute approximate surface area is 92.0 Å². The van der Waals surface area contributed by atoms with Crippen molar-refractivity contribution in [1.29, 1.82) is 0 Å². The second kappa shape index (κ2) is 6.67. The van der Waals surface area contributed by atoms with Crippen LogP contribution in [-0.4, -0.2) is 24.7 Å². The van der Waals surface area contributed by atoms with Crippen molar-refractivity contribution in [2.75, 3.05) is 6.54 Å². The highest BCUT2D eigenvalue weighted by Crippen LogP contribution is 2.17. The SMILES string of the molecule is CCC(CN)NC(=O)NC1CCCCC1. The molecular weight excluding hydrogens is 190 g/mol. The molecule has 1 unspecified atom stereocenters. The van der Waals surface area contributed by atoms with E-state index in [1.165, 1.54) is 19.3 Å². The molecule has 1 saturated carbocycles. The maximum Gasteiger partial charge on any atom is 0.315 e. The van der Waals surface area contributed by atoms with Gasteiger partial charge in [-0.15, -0.1) is 0 Å². The van der Waals surface area contributed by atoms with E-state index in [2.05, 4.69) is 10.6 Å². The third-order valence-electron chi connectivity index (χ3n) is 3.05. The lowest BCUT2D eigenvalue weighted by Crippen LogP contribution is -2.48. The average Bonchev–Trinajstić information content (AvgIpc) is 2.27. The van der Waals surface area contributed by atoms with Crippen LogP contribution >= 0.6 is 0 Å². The number of carbonyl (C=O) groups is 1. The van der Waals surface area contributed by atoms with Crippen molar-refractivity contribution in [3.05, 3.63) is 0 Å². The van der Waals surface area contributed by atoms with Crippen LogP contribution in [0.4, 0.5) is 4.79 Å². The molecule has 0 bridgehead atoms. The van der Waals surface area contributed by atoms with E-state index in [0.29, 0.717) is 12.6 Å². The first-order valence-electron chi connectivity index (χ1n) is 6.03. The lowest BCUT2D eigenvalue weighted by atomic mass is 9.96. The fourth-order valence-electron chi connectivity index (χ4n) is 1.99. The van der Waals surface area contributed by atoms with E-state index in [1.807, 2.05) is 6.92 Å². The van der Waals surface area contributed by atoms with Crippen molar-refractivity contribution < 1.29 is 4.79 Å². The van der Waals surface area contributed by atoms with Gasteiger partial charge < -0.3 is 16.4 Å². The second-order valence-corrected chi connectivity index (χ2v) is 4.29. The number of amides is 2. The van der Waals surface area contributed by atoms with Gasteiger partial charge in [-0.25, -0.2) is 4.79 Å². The van der Waals surface area contributed by atoms with Crippen LogP contribution < -0.4 is 16.4 Å². The summed E-state index contributed by atoms with van der Waals surface area (Å²) in [6.07, 6.45) is 6.90. The lowest BCUT2D eigenvalue weighted by molar-refractivity contribution is 0.228. The second-order valence-electron chi connectivity index (χ2n) is 4.29. The molecule has 0 aromatic rings. The number of carbonyl (C=O) groups excluding carboxylic acids is 1. The molecule has 0 aliphatic heterocycles. The van der Waals surface area contributed by atoms with Crippen molar-refractivity contribution in [1.82, 2.24) is 10.6 Å². The van der Waals surface area contributed by atoms with Gasteiger partial charge in [-0.1, -0.05) is 26.2 Å². The number of rotatable bonds is 4. The van der Waals surface area contributed by atoms with E-state index in [0.717, 1.165) is 19.3 Å². The lowest BCUT2D eigenvalue weighted by Gasteiger charge is -2.24. The third-order valence-corrected chi connectivity index (χ3v) is 3.05. The minimum absolute atomic E-state index is 0.0563. The molecule has 0 aromatic carbocycles. The van der Waals surface area contributed by atoms with E-state index in [1.54, 1.807) is 0 Å². The summed E-state index contributed by atoms with van der Waals surface area (Å²) >= 11 is 0. The summed E-state index contributed by atoms with van der Waals surface area (Å²) in [5.74, 6) is 0. The molecule has 1 atom stereocenters. The van der Waals surface area contributed by atoms with Crippen LogP contribution in [0, 0.1) is 0 Å². The molecule has 15 heavy (non-hydrogen) atoms. The van der Waals surface area contributed by atoms with Gasteiger partial charge >= 0.3 is 6.03 Å². The van der Waals surface area contributed by atoms with Crippen molar-refractivity contribution in [2.45, 2.75) is 57.5 Å². The Bertz CT molecular complexity index is 186. The largest absolute Gasteiger partial charge is 0.335 e. The minimum atomic E-state index is -0.0563. The first-order valence-corrected chi connectivity index (χ1v) is 6.03. The molecule has 4 nitrogen and oxygen atoms in total. The molecule has 88 valence electrons. The number of nitrogens with two attached hydrogens (primary N) is 1. The molecule has 0 heterocycles. The molecule has 4 N–H and O–H groups in total. The fraction of sp³-hybridized carbons (Fsp3) is 0.909. The monoisotopic (exact) mass is 213 g/mol. The average molecular weight is 213 g/mol. The Balaban J connectivity index is 2.21. The molecule has 0 aromatic heterocycles. The molecule has 0 saturated heterocycles. The predicted octanol–water partition coefficient (Wildman–Crippen LogP) is 1.36. The van der Waals surface area contributed by atoms with E-state index < -0.39 is 0 Å². The summed E-state index contributed by atoms with van der Waals surface area (Å²) in [6, 6.07) is 0.418. The van der Waals surface area contributed by atoms with Crippen LogP contribution in [0.3, 0.4) is 0 Å². The normalized spacial score (nSPS) is 19.6. The first kappa shape index (κ1) is 12.3. The molecule has 2 amide bonds. The summed E-state index contributed by atoms with van der Waals surface area (Å²) in [5, 5.41) is 5.90. The van der Waals surface area contributed by atoms with Gasteiger partial charge in [-0.2, -0.15) is 0 Å². The Morgan fingerprint density at radius 2 is 2.07 bits per heavy atom. The van der Waals surface area contributed by atoms with Crippen molar-refractivity contribution in [2.24, 2.45) is 5.73 Å². The Hall–Kier alpha value is -0.770. The zero-order valence-corrected chi connectivity index (χ0v) is 9.59. The van der Waals surface area contributed by atoms with Gasteiger partial charge in [0, 0.05) is 18.6 Å². The van der Waals surface area contributed by atoms with Crippen LogP contribution in [0.1, 0.15) is 45.4 Å². The quantitative estimate of drug-likeness (QED) is 0.660. The van der Waals surface area contributed by atoms with E-state index >= 15 is 0 Å². The van der Waals surface area contributed by atoms with Gasteiger partial charge in [0.25, 0.3) is 0 Å². The molecular formula is C11H23N3O. The Morgan fingerprint density at radius 1 is 1.40 bits per heavy atom. The van der Waals surface area contributed by atoms with Gasteiger partial charge in [0.05, 0.1) is 0 Å². The summed E-state index contributed by atoms with van der Waals surface area (Å²) in [6.45, 7) is 2.53. The molecule has 0 spiro atoms. The van der Waals surface area contributed by atoms with Gasteiger partial charge in [-0.3, -0.25) is 0 Å². The van der Waals surface area contributed by atoms with Crippen molar-refractivity contribution in [3.63, 3.8) is 0 Å². The van der Waals surface area contributed by atoms with Crippen LogP contribution in [0.5, 0.6) is 0 Å². The Morgan fingerprint density at radius 3 is 2.60 bits per heavy atom. The number of hydrogen-bond acceptors (Lipinski definition) is 2. The summed E-state index contributed by atoms with van der Waals surface area (Å²) in [5.41, 5.74) is 5.52. The molecule has 1 aliphatic rings. The smallest absolute Gasteiger partial charge is 0.315 e. The van der Waals surface area contributed by atoms with E-state index in [9.17, 15) is 4.79 Å². The minimum Gasteiger partial charge on any atom is -0.335 e. The highest BCUT2D eigenvalue weighted by Gasteiger charge is 2.16. The molecule has 1 aliphatic carbocycles. The van der Waals surface area contributed by atoms with Crippen LogP contribution in [0.2, 0.25) is 0 Å². The van der Waals surface area contributed by atoms with Gasteiger partial charge in [0.15, 0.2) is 0 Å². The van der Waals surface area contributed by atoms with Crippen molar-refractivity contribution in [3.8, 4) is 0 Å².